The van der Waals surface area contributed by atoms with Crippen LogP contribution in [0.3, 0.4) is 0 Å². The maximum atomic E-state index is 12.8. The molecule has 0 saturated heterocycles. The first-order valence-corrected chi connectivity index (χ1v) is 10.1. The van der Waals surface area contributed by atoms with Gasteiger partial charge in [-0.2, -0.15) is 0 Å². The lowest BCUT2D eigenvalue weighted by atomic mass is 9.93. The van der Waals surface area contributed by atoms with E-state index in [1.807, 2.05) is 16.7 Å². The Morgan fingerprint density at radius 3 is 2.86 bits per heavy atom. The van der Waals surface area contributed by atoms with Crippen LogP contribution in [0.1, 0.15) is 40.9 Å². The fraction of sp³-hybridized carbons (Fsp3) is 0.364. The second-order valence-corrected chi connectivity index (χ2v) is 7.93. The van der Waals surface area contributed by atoms with E-state index in [2.05, 4.69) is 6.08 Å². The molecule has 0 saturated carbocycles. The highest BCUT2D eigenvalue weighted by Gasteiger charge is 2.28. The zero-order chi connectivity index (χ0) is 20.1. The molecule has 5 rings (SSSR count). The quantitative estimate of drug-likeness (QED) is 0.722. The fourth-order valence-electron chi connectivity index (χ4n) is 4.47. The van der Waals surface area contributed by atoms with Gasteiger partial charge in [0.2, 0.25) is 6.79 Å². The van der Waals surface area contributed by atoms with Crippen molar-refractivity contribution in [3.8, 4) is 11.5 Å². The summed E-state index contributed by atoms with van der Waals surface area (Å²) in [6.45, 7) is 0.586. The normalized spacial score (nSPS) is 19.1. The van der Waals surface area contributed by atoms with Crippen LogP contribution in [-0.4, -0.2) is 30.2 Å². The molecule has 3 aliphatic rings. The number of benzene rings is 1. The molecule has 1 unspecified atom stereocenters. The van der Waals surface area contributed by atoms with Crippen molar-refractivity contribution in [3.63, 3.8) is 0 Å². The van der Waals surface area contributed by atoms with Crippen LogP contribution in [0.5, 0.6) is 11.5 Å². The maximum absolute atomic E-state index is 12.8. The number of ether oxygens (including phenoxy) is 3. The topological polar surface area (TPSA) is 66.8 Å². The number of fused-ring (bicyclic) bond motifs is 4. The molecule has 2 heterocycles. The number of carbonyl (C=O) groups is 2. The number of esters is 1. The summed E-state index contributed by atoms with van der Waals surface area (Å²) in [4.78, 5) is 25.0. The Bertz CT molecular complexity index is 1160. The minimum atomic E-state index is -0.357. The lowest BCUT2D eigenvalue weighted by Crippen LogP contribution is -2.36. The number of ketones is 1. The number of rotatable bonds is 3. The van der Waals surface area contributed by atoms with Crippen LogP contribution in [0.2, 0.25) is 5.02 Å². The van der Waals surface area contributed by atoms with Gasteiger partial charge in [0, 0.05) is 29.4 Å². The summed E-state index contributed by atoms with van der Waals surface area (Å²) < 4.78 is 17.8. The average molecular weight is 414 g/mol. The second kappa shape index (κ2) is 6.95. The van der Waals surface area contributed by atoms with Crippen molar-refractivity contribution in [1.29, 1.82) is 0 Å². The van der Waals surface area contributed by atoms with Gasteiger partial charge >= 0.3 is 5.97 Å². The highest BCUT2D eigenvalue weighted by molar-refractivity contribution is 6.31. The summed E-state index contributed by atoms with van der Waals surface area (Å²) in [5.74, 6) is 0.773. The largest absolute Gasteiger partial charge is 0.469 e. The summed E-state index contributed by atoms with van der Waals surface area (Å²) in [6, 6.07) is 3.61. The number of Topliss-reactive ketones (excluding diaryl/α,β-unsaturated/α-hetero) is 1. The van der Waals surface area contributed by atoms with E-state index in [0.29, 0.717) is 35.9 Å². The molecule has 29 heavy (non-hydrogen) atoms. The van der Waals surface area contributed by atoms with Crippen LogP contribution >= 0.6 is 11.6 Å². The molecule has 6 nitrogen and oxygen atoms in total. The number of hydrogen-bond donors (Lipinski definition) is 0. The van der Waals surface area contributed by atoms with Gasteiger partial charge in [0.1, 0.15) is 0 Å². The Kier molecular flexibility index (Phi) is 4.39. The summed E-state index contributed by atoms with van der Waals surface area (Å²) in [6.07, 6.45) is 6.81. The van der Waals surface area contributed by atoms with E-state index in [1.165, 1.54) is 7.11 Å². The molecule has 0 spiro atoms. The van der Waals surface area contributed by atoms with Crippen molar-refractivity contribution in [3.05, 3.63) is 44.5 Å². The standard InChI is InChI=1S/C22H20ClNO5/c1-27-22(26)12-5-6-14-15-3-2-4-18(25)21(15)24(17(14)7-12)10-13-8-19-20(9-16(13)23)29-11-28-19/h6-9,12H,2-5,10-11H2,1H3. The minimum absolute atomic E-state index is 0.133. The number of aromatic nitrogens is 1. The van der Waals surface area contributed by atoms with Gasteiger partial charge in [-0.05, 0) is 47.8 Å². The van der Waals surface area contributed by atoms with Crippen molar-refractivity contribution in [2.24, 2.45) is 5.92 Å². The first-order valence-electron chi connectivity index (χ1n) is 9.69. The molecule has 0 fully saturated rings. The third kappa shape index (κ3) is 2.94. The summed E-state index contributed by atoms with van der Waals surface area (Å²) in [5, 5.41) is 2.50. The summed E-state index contributed by atoms with van der Waals surface area (Å²) >= 11 is 6.50. The van der Waals surface area contributed by atoms with Crippen molar-refractivity contribution in [2.45, 2.75) is 32.2 Å². The van der Waals surface area contributed by atoms with E-state index in [1.54, 1.807) is 6.07 Å². The van der Waals surface area contributed by atoms with Crippen LogP contribution in [0.15, 0.2) is 12.1 Å². The van der Waals surface area contributed by atoms with Crippen LogP contribution in [0, 0.1) is 5.92 Å². The van der Waals surface area contributed by atoms with Crippen LogP contribution in [0.4, 0.5) is 0 Å². The Hall–Kier alpha value is -2.73. The van der Waals surface area contributed by atoms with Gasteiger partial charge in [-0.15, -0.1) is 0 Å². The Morgan fingerprint density at radius 1 is 1.28 bits per heavy atom. The number of hydrogen-bond acceptors (Lipinski definition) is 5. The molecular weight excluding hydrogens is 394 g/mol. The Balaban J connectivity index is 1.68. The molecule has 1 aromatic heterocycles. The SMILES string of the molecule is COC(=O)C1C=c2c(c3c(n2Cc2cc4c(cc2Cl)OCO4)C(=O)CCC3)=CC1. The third-order valence-electron chi connectivity index (χ3n) is 5.85. The van der Waals surface area contributed by atoms with Gasteiger partial charge in [0.25, 0.3) is 0 Å². The lowest BCUT2D eigenvalue weighted by Gasteiger charge is -2.16. The zero-order valence-corrected chi connectivity index (χ0v) is 16.8. The van der Waals surface area contributed by atoms with E-state index >= 15 is 0 Å². The second-order valence-electron chi connectivity index (χ2n) is 7.52. The molecule has 1 aliphatic heterocycles. The number of nitrogens with zero attached hydrogens (tertiary/aromatic N) is 1. The molecule has 150 valence electrons. The maximum Gasteiger partial charge on any atom is 0.312 e. The molecule has 0 N–H and O–H groups in total. The molecule has 2 aliphatic carbocycles. The minimum Gasteiger partial charge on any atom is -0.469 e. The van der Waals surface area contributed by atoms with Crippen LogP contribution in [0.25, 0.3) is 12.2 Å². The van der Waals surface area contributed by atoms with Gasteiger partial charge in [-0.3, -0.25) is 9.59 Å². The fourth-order valence-corrected chi connectivity index (χ4v) is 4.68. The molecule has 7 heteroatoms. The molecular formula is C22H20ClNO5. The van der Waals surface area contributed by atoms with Crippen LogP contribution < -0.4 is 20.0 Å². The van der Waals surface area contributed by atoms with E-state index < -0.39 is 0 Å². The zero-order valence-electron chi connectivity index (χ0n) is 16.0. The molecule has 1 aromatic carbocycles. The highest BCUT2D eigenvalue weighted by atomic mass is 35.5. The number of carbonyl (C=O) groups excluding carboxylic acids is 2. The first-order chi connectivity index (χ1) is 14.1. The molecule has 1 atom stereocenters. The van der Waals surface area contributed by atoms with E-state index in [4.69, 9.17) is 25.8 Å². The Morgan fingerprint density at radius 2 is 2.07 bits per heavy atom. The Labute approximate surface area is 172 Å². The highest BCUT2D eigenvalue weighted by Crippen LogP contribution is 2.37. The monoisotopic (exact) mass is 413 g/mol. The van der Waals surface area contributed by atoms with E-state index in [9.17, 15) is 9.59 Å². The van der Waals surface area contributed by atoms with Crippen molar-refractivity contribution in [1.82, 2.24) is 4.57 Å². The van der Waals surface area contributed by atoms with Crippen molar-refractivity contribution < 1.29 is 23.8 Å². The molecule has 0 radical (unpaired) electrons. The lowest BCUT2D eigenvalue weighted by molar-refractivity contribution is -0.143. The molecule has 0 amide bonds. The van der Waals surface area contributed by atoms with Crippen molar-refractivity contribution >= 4 is 35.5 Å². The smallest absolute Gasteiger partial charge is 0.312 e. The van der Waals surface area contributed by atoms with Gasteiger partial charge in [0.05, 0.1) is 18.7 Å². The van der Waals surface area contributed by atoms with Gasteiger partial charge in [-0.1, -0.05) is 17.7 Å². The van der Waals surface area contributed by atoms with Gasteiger partial charge < -0.3 is 18.8 Å². The number of methoxy groups -OCH3 is 1. The molecule has 2 aromatic rings. The van der Waals surface area contributed by atoms with Gasteiger partial charge in [-0.25, -0.2) is 0 Å². The summed E-state index contributed by atoms with van der Waals surface area (Å²) in [7, 11) is 1.39. The van der Waals surface area contributed by atoms with Gasteiger partial charge in [0.15, 0.2) is 17.3 Å². The summed E-state index contributed by atoms with van der Waals surface area (Å²) in [5.41, 5.74) is 2.64. The van der Waals surface area contributed by atoms with E-state index in [-0.39, 0.29) is 24.5 Å². The van der Waals surface area contributed by atoms with E-state index in [0.717, 1.165) is 40.2 Å². The predicted octanol–water partition coefficient (Wildman–Crippen LogP) is 2.19. The molecule has 0 bridgehead atoms. The average Bonchev–Trinajstić information content (AvgIpc) is 3.30. The van der Waals surface area contributed by atoms with Crippen molar-refractivity contribution in [2.75, 3.05) is 13.9 Å². The third-order valence-corrected chi connectivity index (χ3v) is 6.20. The van der Waals surface area contributed by atoms with Crippen LogP contribution in [-0.2, 0) is 22.5 Å². The predicted molar refractivity (Wildman–Crippen MR) is 107 cm³/mol. The first kappa shape index (κ1) is 18.3. The number of halogens is 1.